The van der Waals surface area contributed by atoms with E-state index in [1.807, 2.05) is 4.90 Å². The summed E-state index contributed by atoms with van der Waals surface area (Å²) in [6, 6.07) is 1.85. The van der Waals surface area contributed by atoms with Crippen LogP contribution in [0.4, 0.5) is 5.82 Å². The maximum absolute atomic E-state index is 11.5. The molecule has 0 saturated carbocycles. The molecule has 8 heteroatoms. The summed E-state index contributed by atoms with van der Waals surface area (Å²) in [5, 5.41) is -0.0854. The third-order valence-electron chi connectivity index (χ3n) is 3.19. The van der Waals surface area contributed by atoms with Crippen LogP contribution in [0.1, 0.15) is 6.42 Å². The first-order valence-corrected chi connectivity index (χ1v) is 7.83. The second kappa shape index (κ2) is 4.04. The van der Waals surface area contributed by atoms with Crippen molar-refractivity contribution in [3.05, 3.63) is 11.2 Å². The Bertz CT molecular complexity index is 592. The van der Waals surface area contributed by atoms with E-state index in [0.29, 0.717) is 12.4 Å². The predicted molar refractivity (Wildman–Crippen MR) is 65.6 cm³/mol. The van der Waals surface area contributed by atoms with Crippen LogP contribution in [0.25, 0.3) is 0 Å². The highest BCUT2D eigenvalue weighted by Crippen LogP contribution is 2.32. The van der Waals surface area contributed by atoms with Gasteiger partial charge in [-0.3, -0.25) is 0 Å². The molecule has 2 aliphatic rings. The van der Waals surface area contributed by atoms with Crippen LogP contribution in [-0.2, 0) is 14.6 Å². The number of hydrogen-bond acceptors (Lipinski definition) is 6. The Balaban J connectivity index is 2.00. The van der Waals surface area contributed by atoms with Gasteiger partial charge in [0.05, 0.1) is 18.8 Å². The Morgan fingerprint density at radius 3 is 2.83 bits per heavy atom. The first-order chi connectivity index (χ1) is 8.43. The third-order valence-corrected chi connectivity index (χ3v) is 4.23. The van der Waals surface area contributed by atoms with Crippen molar-refractivity contribution in [1.29, 1.82) is 0 Å². The predicted octanol–water partition coefficient (Wildman–Crippen LogP) is 0.511. The lowest BCUT2D eigenvalue weighted by Crippen LogP contribution is -2.37. The van der Waals surface area contributed by atoms with Crippen molar-refractivity contribution >= 4 is 27.3 Å². The molecule has 1 aromatic heterocycles. The smallest absolute Gasteiger partial charge is 0.250 e. The van der Waals surface area contributed by atoms with Gasteiger partial charge >= 0.3 is 0 Å². The lowest BCUT2D eigenvalue weighted by molar-refractivity contribution is 0.0988. The summed E-state index contributed by atoms with van der Waals surface area (Å²) in [6.07, 6.45) is 2.24. The Morgan fingerprint density at radius 2 is 2.28 bits per heavy atom. The molecule has 6 nitrogen and oxygen atoms in total. The van der Waals surface area contributed by atoms with Gasteiger partial charge in [-0.1, -0.05) is 11.6 Å². The molecular weight excluding hydrogens is 278 g/mol. The van der Waals surface area contributed by atoms with Crippen LogP contribution in [0.2, 0.25) is 5.15 Å². The molecule has 2 fully saturated rings. The first-order valence-electron chi connectivity index (χ1n) is 5.56. The highest BCUT2D eigenvalue weighted by atomic mass is 35.5. The fraction of sp³-hybridized carbons (Fsp3) is 0.600. The topological polar surface area (TPSA) is 72.4 Å². The van der Waals surface area contributed by atoms with Crippen LogP contribution in [0.15, 0.2) is 11.2 Å². The summed E-state index contributed by atoms with van der Waals surface area (Å²) >= 11 is 5.86. The van der Waals surface area contributed by atoms with Gasteiger partial charge in [0.1, 0.15) is 11.0 Å². The van der Waals surface area contributed by atoms with Crippen LogP contribution in [0, 0.1) is 0 Å². The minimum absolute atomic E-state index is 0.143. The van der Waals surface area contributed by atoms with Crippen molar-refractivity contribution in [2.24, 2.45) is 0 Å². The van der Waals surface area contributed by atoms with E-state index in [4.69, 9.17) is 16.3 Å². The summed E-state index contributed by atoms with van der Waals surface area (Å²) in [5.41, 5.74) is 0. The molecule has 0 N–H and O–H groups in total. The van der Waals surface area contributed by atoms with Crippen molar-refractivity contribution < 1.29 is 13.2 Å². The number of hydrogen-bond donors (Lipinski definition) is 0. The second-order valence-corrected chi connectivity index (χ2v) is 6.90. The summed E-state index contributed by atoms with van der Waals surface area (Å²) in [7, 11) is -3.45. The van der Waals surface area contributed by atoms with Crippen molar-refractivity contribution in [3.63, 3.8) is 0 Å². The fourth-order valence-corrected chi connectivity index (χ4v) is 3.13. The Hall–Kier alpha value is -0.920. The van der Waals surface area contributed by atoms with Gasteiger partial charge in [0, 0.05) is 18.9 Å². The first kappa shape index (κ1) is 12.1. The molecule has 0 spiro atoms. The average Bonchev–Trinajstić information content (AvgIpc) is 2.88. The van der Waals surface area contributed by atoms with Crippen molar-refractivity contribution in [1.82, 2.24) is 9.97 Å². The molecule has 0 amide bonds. The van der Waals surface area contributed by atoms with Crippen molar-refractivity contribution in [2.75, 3.05) is 24.3 Å². The molecule has 2 atom stereocenters. The summed E-state index contributed by atoms with van der Waals surface area (Å²) in [6.45, 7) is 1.38. The van der Waals surface area contributed by atoms with E-state index in [9.17, 15) is 8.42 Å². The maximum atomic E-state index is 11.5. The zero-order valence-corrected chi connectivity index (χ0v) is 11.3. The molecule has 1 aromatic rings. The van der Waals surface area contributed by atoms with E-state index in [2.05, 4.69) is 9.97 Å². The van der Waals surface area contributed by atoms with E-state index < -0.39 is 9.84 Å². The van der Waals surface area contributed by atoms with E-state index in [0.717, 1.165) is 19.2 Å². The van der Waals surface area contributed by atoms with Crippen LogP contribution in [-0.4, -0.2) is 49.9 Å². The van der Waals surface area contributed by atoms with E-state index >= 15 is 0 Å². The molecule has 98 valence electrons. The average molecular weight is 290 g/mol. The van der Waals surface area contributed by atoms with Gasteiger partial charge in [0.15, 0.2) is 0 Å². The number of aromatic nitrogens is 2. The normalized spacial score (nSPS) is 26.9. The van der Waals surface area contributed by atoms with E-state index in [1.165, 1.54) is 0 Å². The van der Waals surface area contributed by atoms with Crippen LogP contribution in [0.3, 0.4) is 0 Å². The van der Waals surface area contributed by atoms with Gasteiger partial charge in [0.25, 0.3) is 0 Å². The van der Waals surface area contributed by atoms with Gasteiger partial charge in [-0.15, -0.1) is 0 Å². The molecule has 2 saturated heterocycles. The Morgan fingerprint density at radius 1 is 1.50 bits per heavy atom. The van der Waals surface area contributed by atoms with Crippen LogP contribution < -0.4 is 4.90 Å². The number of nitrogens with zero attached hydrogens (tertiary/aromatic N) is 3. The zero-order chi connectivity index (χ0) is 12.9. The zero-order valence-electron chi connectivity index (χ0n) is 9.71. The Kier molecular flexibility index (Phi) is 2.72. The monoisotopic (exact) mass is 289 g/mol. The highest BCUT2D eigenvalue weighted by Gasteiger charge is 2.40. The van der Waals surface area contributed by atoms with Crippen molar-refractivity contribution in [3.8, 4) is 0 Å². The molecule has 0 radical (unpaired) electrons. The molecule has 0 unspecified atom stereocenters. The number of ether oxygens (including phenoxy) is 1. The maximum Gasteiger partial charge on any atom is 0.250 e. The third kappa shape index (κ3) is 2.06. The van der Waals surface area contributed by atoms with E-state index in [-0.39, 0.29) is 22.5 Å². The van der Waals surface area contributed by atoms with Crippen LogP contribution in [0.5, 0.6) is 0 Å². The standard InChI is InChI=1S/C10H12ClN3O3S/c1-18(15,16)10-12-8(11)3-9(13-10)14-4-7-2-6(14)5-17-7/h3,6-7H,2,4-5H2,1H3/t6-,7-/m1/s1. The molecule has 0 aliphatic carbocycles. The molecule has 2 aliphatic heterocycles. The number of fused-ring (bicyclic) bond motifs is 2. The largest absolute Gasteiger partial charge is 0.374 e. The van der Waals surface area contributed by atoms with Gasteiger partial charge in [0.2, 0.25) is 15.0 Å². The van der Waals surface area contributed by atoms with Gasteiger partial charge in [-0.2, -0.15) is 0 Å². The van der Waals surface area contributed by atoms with Crippen LogP contribution >= 0.6 is 11.6 Å². The number of sulfone groups is 1. The fourth-order valence-electron chi connectivity index (χ4n) is 2.38. The SMILES string of the molecule is CS(=O)(=O)c1nc(Cl)cc(N2C[C@H]3C[C@@H]2CO3)n1. The molecule has 3 rings (SSSR count). The minimum Gasteiger partial charge on any atom is -0.374 e. The molecule has 2 bridgehead atoms. The summed E-state index contributed by atoms with van der Waals surface area (Å²) in [5.74, 6) is 0.561. The quantitative estimate of drug-likeness (QED) is 0.583. The summed E-state index contributed by atoms with van der Waals surface area (Å²) < 4.78 is 28.5. The molecule has 18 heavy (non-hydrogen) atoms. The number of morpholine rings is 1. The molecular formula is C10H12ClN3O3S. The van der Waals surface area contributed by atoms with Gasteiger partial charge in [-0.25, -0.2) is 18.4 Å². The number of anilines is 1. The number of halogens is 1. The van der Waals surface area contributed by atoms with Crippen molar-refractivity contribution in [2.45, 2.75) is 23.7 Å². The van der Waals surface area contributed by atoms with Gasteiger partial charge < -0.3 is 9.64 Å². The minimum atomic E-state index is -3.45. The molecule has 0 aromatic carbocycles. The Labute approximate surface area is 110 Å². The number of rotatable bonds is 2. The van der Waals surface area contributed by atoms with Gasteiger partial charge in [-0.05, 0) is 6.42 Å². The summed E-state index contributed by atoms with van der Waals surface area (Å²) in [4.78, 5) is 9.88. The molecule has 3 heterocycles. The lowest BCUT2D eigenvalue weighted by atomic mass is 10.2. The second-order valence-electron chi connectivity index (χ2n) is 4.60. The highest BCUT2D eigenvalue weighted by molar-refractivity contribution is 7.90. The van der Waals surface area contributed by atoms with E-state index in [1.54, 1.807) is 6.07 Å². The lowest BCUT2D eigenvalue weighted by Gasteiger charge is -2.27.